The highest BCUT2D eigenvalue weighted by Gasteiger charge is 2.15. The van der Waals surface area contributed by atoms with E-state index in [1.165, 1.54) is 0 Å². The van der Waals surface area contributed by atoms with Gasteiger partial charge in [0.1, 0.15) is 17.3 Å². The molecular formula is C11H12ClN5O. The molecule has 3 rings (SSSR count). The van der Waals surface area contributed by atoms with Crippen LogP contribution in [-0.2, 0) is 4.74 Å². The topological polar surface area (TPSA) is 56.1 Å². The van der Waals surface area contributed by atoms with E-state index in [4.69, 9.17) is 16.3 Å². The summed E-state index contributed by atoms with van der Waals surface area (Å²) in [5.74, 6) is 1.35. The van der Waals surface area contributed by atoms with Gasteiger partial charge >= 0.3 is 0 Å². The van der Waals surface area contributed by atoms with Gasteiger partial charge in [0.2, 0.25) is 5.95 Å². The Balaban J connectivity index is 1.95. The van der Waals surface area contributed by atoms with E-state index >= 15 is 0 Å². The Labute approximate surface area is 109 Å². The van der Waals surface area contributed by atoms with Gasteiger partial charge in [0.25, 0.3) is 0 Å². The lowest BCUT2D eigenvalue weighted by Crippen LogP contribution is -2.37. The van der Waals surface area contributed by atoms with Crippen LogP contribution in [0, 0.1) is 0 Å². The van der Waals surface area contributed by atoms with Crippen LogP contribution in [0.15, 0.2) is 24.8 Å². The molecule has 3 heterocycles. The van der Waals surface area contributed by atoms with Crippen LogP contribution in [0.1, 0.15) is 0 Å². The number of aromatic nitrogens is 4. The number of rotatable bonds is 2. The molecule has 1 saturated heterocycles. The van der Waals surface area contributed by atoms with Gasteiger partial charge in [0.05, 0.1) is 13.2 Å². The van der Waals surface area contributed by atoms with Crippen LogP contribution in [0.2, 0.25) is 5.15 Å². The minimum absolute atomic E-state index is 0.426. The number of anilines is 1. The minimum Gasteiger partial charge on any atom is -0.378 e. The Bertz CT molecular complexity index is 524. The van der Waals surface area contributed by atoms with Gasteiger partial charge in [-0.15, -0.1) is 0 Å². The number of hydrogen-bond acceptors (Lipinski definition) is 5. The molecule has 0 unspecified atom stereocenters. The molecule has 0 N–H and O–H groups in total. The second kappa shape index (κ2) is 4.91. The van der Waals surface area contributed by atoms with Gasteiger partial charge in [-0.2, -0.15) is 4.98 Å². The Morgan fingerprint density at radius 3 is 2.78 bits per heavy atom. The monoisotopic (exact) mass is 265 g/mol. The highest BCUT2D eigenvalue weighted by atomic mass is 35.5. The third-order valence-corrected chi connectivity index (χ3v) is 2.93. The Hall–Kier alpha value is -1.66. The average Bonchev–Trinajstić information content (AvgIpc) is 2.93. The number of ether oxygens (including phenoxy) is 1. The van der Waals surface area contributed by atoms with Crippen LogP contribution in [0.3, 0.4) is 0 Å². The first-order chi connectivity index (χ1) is 8.83. The van der Waals surface area contributed by atoms with Crippen molar-refractivity contribution >= 4 is 17.5 Å². The highest BCUT2D eigenvalue weighted by molar-refractivity contribution is 6.29. The maximum Gasteiger partial charge on any atom is 0.228 e. The predicted molar refractivity (Wildman–Crippen MR) is 67.2 cm³/mol. The fourth-order valence-corrected chi connectivity index (χ4v) is 2.00. The first-order valence-electron chi connectivity index (χ1n) is 5.68. The third kappa shape index (κ3) is 2.30. The molecule has 94 valence electrons. The van der Waals surface area contributed by atoms with E-state index in [0.717, 1.165) is 13.1 Å². The SMILES string of the molecule is Clc1cc(-n2ccnc2)nc(N2CCOCC2)n1. The number of morpholine rings is 1. The first-order valence-corrected chi connectivity index (χ1v) is 6.06. The second-order valence-corrected chi connectivity index (χ2v) is 4.31. The summed E-state index contributed by atoms with van der Waals surface area (Å²) in [6.07, 6.45) is 5.20. The van der Waals surface area contributed by atoms with E-state index in [2.05, 4.69) is 19.9 Å². The summed E-state index contributed by atoms with van der Waals surface area (Å²) in [6.45, 7) is 2.94. The lowest BCUT2D eigenvalue weighted by molar-refractivity contribution is 0.122. The fraction of sp³-hybridized carbons (Fsp3) is 0.364. The molecule has 0 bridgehead atoms. The van der Waals surface area contributed by atoms with Gasteiger partial charge in [-0.05, 0) is 0 Å². The van der Waals surface area contributed by atoms with E-state index in [1.54, 1.807) is 23.2 Å². The molecule has 0 atom stereocenters. The van der Waals surface area contributed by atoms with Gasteiger partial charge in [-0.1, -0.05) is 11.6 Å². The minimum atomic E-state index is 0.426. The molecule has 6 nitrogen and oxygen atoms in total. The van der Waals surface area contributed by atoms with Gasteiger partial charge in [0, 0.05) is 31.5 Å². The van der Waals surface area contributed by atoms with Crippen LogP contribution in [-0.4, -0.2) is 45.8 Å². The molecule has 0 spiro atoms. The van der Waals surface area contributed by atoms with Crippen molar-refractivity contribution in [3.63, 3.8) is 0 Å². The molecule has 1 aliphatic heterocycles. The number of hydrogen-bond donors (Lipinski definition) is 0. The van der Waals surface area contributed by atoms with E-state index in [9.17, 15) is 0 Å². The summed E-state index contributed by atoms with van der Waals surface area (Å²) in [5, 5.41) is 0.426. The summed E-state index contributed by atoms with van der Waals surface area (Å²) in [7, 11) is 0. The summed E-state index contributed by atoms with van der Waals surface area (Å²) in [6, 6.07) is 1.72. The summed E-state index contributed by atoms with van der Waals surface area (Å²) >= 11 is 6.04. The lowest BCUT2D eigenvalue weighted by atomic mass is 10.4. The molecule has 0 aliphatic carbocycles. The van der Waals surface area contributed by atoms with Crippen LogP contribution in [0.5, 0.6) is 0 Å². The van der Waals surface area contributed by atoms with Gasteiger partial charge in [-0.25, -0.2) is 9.97 Å². The molecule has 0 amide bonds. The van der Waals surface area contributed by atoms with Gasteiger partial charge < -0.3 is 9.64 Å². The Morgan fingerprint density at radius 1 is 1.22 bits per heavy atom. The molecule has 2 aromatic heterocycles. The van der Waals surface area contributed by atoms with Crippen LogP contribution in [0.25, 0.3) is 5.82 Å². The molecule has 7 heteroatoms. The van der Waals surface area contributed by atoms with Crippen molar-refractivity contribution < 1.29 is 4.74 Å². The smallest absolute Gasteiger partial charge is 0.228 e. The van der Waals surface area contributed by atoms with E-state index in [-0.39, 0.29) is 0 Å². The molecule has 0 radical (unpaired) electrons. The fourth-order valence-electron chi connectivity index (χ4n) is 1.83. The molecule has 0 aromatic carbocycles. The zero-order valence-electron chi connectivity index (χ0n) is 9.66. The second-order valence-electron chi connectivity index (χ2n) is 3.92. The molecule has 1 aliphatic rings. The highest BCUT2D eigenvalue weighted by Crippen LogP contribution is 2.17. The molecule has 1 fully saturated rings. The quantitative estimate of drug-likeness (QED) is 0.763. The van der Waals surface area contributed by atoms with Crippen LogP contribution in [0.4, 0.5) is 5.95 Å². The largest absolute Gasteiger partial charge is 0.378 e. The summed E-state index contributed by atoms with van der Waals surface area (Å²) in [5.41, 5.74) is 0. The predicted octanol–water partition coefficient (Wildman–Crippen LogP) is 1.15. The summed E-state index contributed by atoms with van der Waals surface area (Å²) < 4.78 is 7.11. The van der Waals surface area contributed by atoms with Crippen LogP contribution < -0.4 is 4.90 Å². The normalized spacial score (nSPS) is 15.9. The maximum atomic E-state index is 6.04. The van der Waals surface area contributed by atoms with Crippen molar-refractivity contribution in [2.75, 3.05) is 31.2 Å². The van der Waals surface area contributed by atoms with Crippen LogP contribution >= 0.6 is 11.6 Å². The molecular weight excluding hydrogens is 254 g/mol. The number of nitrogens with zero attached hydrogens (tertiary/aromatic N) is 5. The Morgan fingerprint density at radius 2 is 2.06 bits per heavy atom. The van der Waals surface area contributed by atoms with Crippen molar-refractivity contribution in [3.05, 3.63) is 29.9 Å². The van der Waals surface area contributed by atoms with Gasteiger partial charge in [-0.3, -0.25) is 4.57 Å². The molecule has 2 aromatic rings. The van der Waals surface area contributed by atoms with Crippen molar-refractivity contribution in [2.24, 2.45) is 0 Å². The number of halogens is 1. The van der Waals surface area contributed by atoms with E-state index < -0.39 is 0 Å². The summed E-state index contributed by atoms with van der Waals surface area (Å²) in [4.78, 5) is 14.8. The van der Waals surface area contributed by atoms with Crippen molar-refractivity contribution in [1.29, 1.82) is 0 Å². The van der Waals surface area contributed by atoms with Crippen molar-refractivity contribution in [3.8, 4) is 5.82 Å². The van der Waals surface area contributed by atoms with Gasteiger partial charge in [0.15, 0.2) is 0 Å². The zero-order chi connectivity index (χ0) is 12.4. The Kier molecular flexibility index (Phi) is 3.12. The van der Waals surface area contributed by atoms with E-state index in [1.807, 2.05) is 6.20 Å². The third-order valence-electron chi connectivity index (χ3n) is 2.73. The molecule has 0 saturated carbocycles. The van der Waals surface area contributed by atoms with E-state index in [0.29, 0.717) is 30.1 Å². The average molecular weight is 266 g/mol. The maximum absolute atomic E-state index is 6.04. The standard InChI is InChI=1S/C11H12ClN5O/c12-9-7-10(17-2-1-13-8-17)15-11(14-9)16-3-5-18-6-4-16/h1-2,7-8H,3-6H2. The molecule has 18 heavy (non-hydrogen) atoms. The zero-order valence-corrected chi connectivity index (χ0v) is 10.4. The van der Waals surface area contributed by atoms with Crippen molar-refractivity contribution in [1.82, 2.24) is 19.5 Å². The van der Waals surface area contributed by atoms with Crippen molar-refractivity contribution in [2.45, 2.75) is 0 Å². The lowest BCUT2D eigenvalue weighted by Gasteiger charge is -2.27. The first kappa shape index (κ1) is 11.4. The number of imidazole rings is 1.